The lowest BCUT2D eigenvalue weighted by Gasteiger charge is -2.26. The Hall–Kier alpha value is -2.50. The molecule has 33 heavy (non-hydrogen) atoms. The zero-order chi connectivity index (χ0) is 22.9. The number of pyridine rings is 1. The molecule has 0 spiro atoms. The van der Waals surface area contributed by atoms with Crippen LogP contribution in [0.4, 0.5) is 5.82 Å². The van der Waals surface area contributed by atoms with E-state index in [9.17, 15) is 10.2 Å². The van der Waals surface area contributed by atoms with E-state index in [1.807, 2.05) is 18.2 Å². The quantitative estimate of drug-likeness (QED) is 0.343. The number of rotatable bonds is 3. The second-order valence-electron chi connectivity index (χ2n) is 8.41. The van der Waals surface area contributed by atoms with Gasteiger partial charge in [-0.15, -0.1) is 0 Å². The molecule has 0 unspecified atom stereocenters. The van der Waals surface area contributed by atoms with Gasteiger partial charge in [0.1, 0.15) is 52.6 Å². The maximum Gasteiger partial charge on any atom is 0.164 e. The summed E-state index contributed by atoms with van der Waals surface area (Å²) in [5.41, 5.74) is 5.68. The smallest absolute Gasteiger partial charge is 0.164 e. The lowest BCUT2D eigenvalue weighted by Crippen LogP contribution is -2.47. The molecule has 4 N–H and O–H groups in total. The summed E-state index contributed by atoms with van der Waals surface area (Å²) in [6.45, 7) is 0. The maximum atomic E-state index is 11.3. The van der Waals surface area contributed by atoms with E-state index in [2.05, 4.69) is 30.9 Å². The van der Waals surface area contributed by atoms with Gasteiger partial charge in [-0.05, 0) is 53.0 Å². The molecule has 6 rings (SSSR count). The zero-order valence-electron chi connectivity index (χ0n) is 17.1. The fourth-order valence-corrected chi connectivity index (χ4v) is 5.38. The van der Waals surface area contributed by atoms with Crippen LogP contribution in [0.5, 0.6) is 5.75 Å². The van der Waals surface area contributed by atoms with Gasteiger partial charge in [-0.25, -0.2) is 15.0 Å². The van der Waals surface area contributed by atoms with Crippen LogP contribution < -0.4 is 10.5 Å². The molecule has 170 valence electrons. The molecule has 1 aliphatic heterocycles. The summed E-state index contributed by atoms with van der Waals surface area (Å²) in [6, 6.07) is 9.19. The summed E-state index contributed by atoms with van der Waals surface area (Å²) >= 11 is 9.54. The first-order valence-corrected chi connectivity index (χ1v) is 11.6. The van der Waals surface area contributed by atoms with Crippen molar-refractivity contribution in [2.45, 2.75) is 43.0 Å². The van der Waals surface area contributed by atoms with Gasteiger partial charge in [0, 0.05) is 17.6 Å². The average Bonchev–Trinajstić information content (AvgIpc) is 3.42. The Kier molecular flexibility index (Phi) is 4.79. The number of ether oxygens (including phenoxy) is 2. The minimum Gasteiger partial charge on any atom is -0.488 e. The number of hydrogen-bond donors (Lipinski definition) is 3. The molecule has 5 atom stereocenters. The Labute approximate surface area is 201 Å². The van der Waals surface area contributed by atoms with Crippen molar-refractivity contribution in [2.24, 2.45) is 0 Å². The number of halogens is 2. The molecule has 1 saturated heterocycles. The molecule has 1 aromatic carbocycles. The standard InChI is InChI=1S/C22H19BrClN5O4/c23-13-7-10-1-2-11(8-14(10)28-19(13)25)32-15-3-5-22(31)16(30)21(33-17(15)22)29-6-4-12-18(24)26-9-27-20(12)29/h1-2,4,6-9,15-17,21,30-31H,3,5H2,(H2,25,28)/t15-,16-,17+,21+,22-/m0/s1. The largest absolute Gasteiger partial charge is 0.488 e. The maximum absolute atomic E-state index is 11.3. The van der Waals surface area contributed by atoms with Crippen molar-refractivity contribution in [3.05, 3.63) is 52.5 Å². The summed E-state index contributed by atoms with van der Waals surface area (Å²) in [5, 5.41) is 24.2. The van der Waals surface area contributed by atoms with Crippen LogP contribution in [0, 0.1) is 0 Å². The van der Waals surface area contributed by atoms with Crippen LogP contribution in [0.3, 0.4) is 0 Å². The third-order valence-electron chi connectivity index (χ3n) is 6.52. The molecule has 0 bridgehead atoms. The van der Waals surface area contributed by atoms with Crippen LogP contribution in [-0.2, 0) is 4.74 Å². The number of benzene rings is 1. The number of nitrogens with zero attached hydrogens (tertiary/aromatic N) is 4. The van der Waals surface area contributed by atoms with Crippen LogP contribution in [0.1, 0.15) is 19.1 Å². The number of fused-ring (bicyclic) bond motifs is 3. The van der Waals surface area contributed by atoms with Crippen molar-refractivity contribution >= 4 is 55.3 Å². The monoisotopic (exact) mass is 531 g/mol. The summed E-state index contributed by atoms with van der Waals surface area (Å²) < 4.78 is 14.8. The fraction of sp³-hybridized carbons (Fsp3) is 0.318. The van der Waals surface area contributed by atoms with Crippen molar-refractivity contribution in [2.75, 3.05) is 5.73 Å². The van der Waals surface area contributed by atoms with E-state index in [-0.39, 0.29) is 0 Å². The molecule has 2 fully saturated rings. The van der Waals surface area contributed by atoms with Crippen LogP contribution in [-0.4, -0.2) is 53.6 Å². The minimum atomic E-state index is -1.45. The van der Waals surface area contributed by atoms with Crippen molar-refractivity contribution in [3.8, 4) is 5.75 Å². The first kappa shape index (κ1) is 21.1. The SMILES string of the molecule is Nc1nc2cc(O[C@H]3CC[C@@]4(O)[C@@H]3O[C@@H](n3ccc5c(Cl)ncnc53)[C@@H]4O)ccc2cc1Br. The Morgan fingerprint density at radius 3 is 2.97 bits per heavy atom. The first-order valence-electron chi connectivity index (χ1n) is 10.4. The topological polar surface area (TPSA) is 129 Å². The van der Waals surface area contributed by atoms with Crippen LogP contribution >= 0.6 is 27.5 Å². The van der Waals surface area contributed by atoms with E-state index >= 15 is 0 Å². The molecular weight excluding hydrogens is 514 g/mol. The van der Waals surface area contributed by atoms with E-state index < -0.39 is 30.1 Å². The highest BCUT2D eigenvalue weighted by Gasteiger charge is 2.62. The fourth-order valence-electron chi connectivity index (χ4n) is 4.85. The minimum absolute atomic E-state index is 0.309. The second-order valence-corrected chi connectivity index (χ2v) is 9.63. The van der Waals surface area contributed by atoms with E-state index in [0.717, 1.165) is 9.86 Å². The van der Waals surface area contributed by atoms with Crippen LogP contribution in [0.2, 0.25) is 5.15 Å². The van der Waals surface area contributed by atoms with Gasteiger partial charge in [-0.2, -0.15) is 0 Å². The Balaban J connectivity index is 1.29. The van der Waals surface area contributed by atoms with Crippen molar-refractivity contribution in [1.29, 1.82) is 0 Å². The molecule has 2 aliphatic rings. The number of anilines is 1. The first-order chi connectivity index (χ1) is 15.8. The molecule has 3 aromatic heterocycles. The molecule has 4 aromatic rings. The van der Waals surface area contributed by atoms with E-state index in [4.69, 9.17) is 26.8 Å². The predicted molar refractivity (Wildman–Crippen MR) is 125 cm³/mol. The molecule has 4 heterocycles. The van der Waals surface area contributed by atoms with Crippen molar-refractivity contribution < 1.29 is 19.7 Å². The van der Waals surface area contributed by atoms with Crippen LogP contribution in [0.15, 0.2) is 47.3 Å². The van der Waals surface area contributed by atoms with Gasteiger partial charge in [0.2, 0.25) is 0 Å². The normalized spacial score (nSPS) is 29.1. The molecular formula is C22H19BrClN5O4. The Morgan fingerprint density at radius 1 is 1.27 bits per heavy atom. The van der Waals surface area contributed by atoms with Gasteiger partial charge >= 0.3 is 0 Å². The molecule has 1 aliphatic carbocycles. The second kappa shape index (κ2) is 7.51. The van der Waals surface area contributed by atoms with Gasteiger partial charge in [0.25, 0.3) is 0 Å². The Bertz CT molecular complexity index is 1400. The third-order valence-corrected chi connectivity index (χ3v) is 7.46. The van der Waals surface area contributed by atoms with Crippen molar-refractivity contribution in [3.63, 3.8) is 0 Å². The number of aliphatic hydroxyl groups excluding tert-OH is 1. The predicted octanol–water partition coefficient (Wildman–Crippen LogP) is 3.21. The van der Waals surface area contributed by atoms with Gasteiger partial charge < -0.3 is 30.0 Å². The lowest BCUT2D eigenvalue weighted by molar-refractivity contribution is -0.0791. The van der Waals surface area contributed by atoms with Crippen molar-refractivity contribution in [1.82, 2.24) is 19.5 Å². The number of nitrogen functional groups attached to an aromatic ring is 1. The summed E-state index contributed by atoms with van der Waals surface area (Å²) in [5.74, 6) is 0.973. The highest BCUT2D eigenvalue weighted by atomic mass is 79.9. The molecule has 1 saturated carbocycles. The summed E-state index contributed by atoms with van der Waals surface area (Å²) in [4.78, 5) is 12.6. The molecule has 9 nitrogen and oxygen atoms in total. The van der Waals surface area contributed by atoms with Gasteiger partial charge in [-0.3, -0.25) is 0 Å². The third kappa shape index (κ3) is 3.20. The van der Waals surface area contributed by atoms with E-state index in [0.29, 0.717) is 46.1 Å². The number of aliphatic hydroxyl groups is 2. The summed E-state index contributed by atoms with van der Waals surface area (Å²) in [7, 11) is 0. The van der Waals surface area contributed by atoms with Crippen LogP contribution in [0.25, 0.3) is 21.9 Å². The summed E-state index contributed by atoms with van der Waals surface area (Å²) in [6.07, 6.45) is 0.729. The van der Waals surface area contributed by atoms with Gasteiger partial charge in [0.05, 0.1) is 15.4 Å². The lowest BCUT2D eigenvalue weighted by atomic mass is 9.94. The van der Waals surface area contributed by atoms with Gasteiger partial charge in [0.15, 0.2) is 6.23 Å². The molecule has 11 heteroatoms. The number of hydrogen-bond acceptors (Lipinski definition) is 8. The Morgan fingerprint density at radius 2 is 2.12 bits per heavy atom. The average molecular weight is 533 g/mol. The molecule has 0 amide bonds. The highest BCUT2D eigenvalue weighted by Crippen LogP contribution is 2.48. The number of nitrogens with two attached hydrogens (primary N) is 1. The zero-order valence-corrected chi connectivity index (χ0v) is 19.4. The molecule has 0 radical (unpaired) electrons. The highest BCUT2D eigenvalue weighted by molar-refractivity contribution is 9.10. The van der Waals surface area contributed by atoms with E-state index in [1.54, 1.807) is 22.9 Å². The number of aromatic nitrogens is 4. The van der Waals surface area contributed by atoms with E-state index in [1.165, 1.54) is 6.33 Å². The van der Waals surface area contributed by atoms with Gasteiger partial charge in [-0.1, -0.05) is 11.6 Å².